The molecular weight excluding hydrogens is 240 g/mol. The Morgan fingerprint density at radius 2 is 2.12 bits per heavy atom. The van der Waals surface area contributed by atoms with Crippen molar-refractivity contribution in [3.63, 3.8) is 0 Å². The maximum Gasteiger partial charge on any atom is 0.211 e. The summed E-state index contributed by atoms with van der Waals surface area (Å²) in [7, 11) is 0.342. The number of rotatable bonds is 7. The van der Waals surface area contributed by atoms with Crippen molar-refractivity contribution in [1.29, 1.82) is 0 Å². The quantitative estimate of drug-likeness (QED) is 0.680. The molecule has 1 saturated carbocycles. The molecule has 0 heterocycles. The number of nitrogens with one attached hydrogen (secondary N) is 1. The molecule has 0 spiro atoms. The number of aliphatic hydroxyl groups is 1. The smallest absolute Gasteiger partial charge is 0.211 e. The van der Waals surface area contributed by atoms with E-state index in [4.69, 9.17) is 0 Å². The van der Waals surface area contributed by atoms with Crippen LogP contribution in [0, 0.1) is 5.92 Å². The third kappa shape index (κ3) is 5.33. The average molecular weight is 264 g/mol. The molecule has 0 saturated heterocycles. The molecule has 0 aliphatic heterocycles. The first kappa shape index (κ1) is 14.9. The van der Waals surface area contributed by atoms with Gasteiger partial charge < -0.3 is 10.0 Å². The van der Waals surface area contributed by atoms with Crippen LogP contribution in [0.2, 0.25) is 0 Å². The number of nitrogens with zero attached hydrogens (tertiary/aromatic N) is 1. The number of aliphatic hydroxyl groups excluding tert-OH is 1. The minimum absolute atomic E-state index is 0.168. The van der Waals surface area contributed by atoms with E-state index in [-0.39, 0.29) is 11.9 Å². The standard InChI is InChI=1S/C11H24N2O3S/c1-12-17(15,16)8-4-7-13(2)9-10-5-3-6-11(10)14/h10-12,14H,3-9H2,1-2H3. The predicted octanol–water partition coefficient (Wildman–Crippen LogP) is 0.0185. The van der Waals surface area contributed by atoms with Gasteiger partial charge in [-0.1, -0.05) is 6.42 Å². The largest absolute Gasteiger partial charge is 0.393 e. The fourth-order valence-electron chi connectivity index (χ4n) is 2.35. The van der Waals surface area contributed by atoms with E-state index < -0.39 is 10.0 Å². The Hall–Kier alpha value is -0.170. The molecule has 0 radical (unpaired) electrons. The topological polar surface area (TPSA) is 69.6 Å². The minimum atomic E-state index is -3.08. The first-order valence-corrected chi connectivity index (χ1v) is 7.87. The summed E-state index contributed by atoms with van der Waals surface area (Å²) in [4.78, 5) is 2.12. The average Bonchev–Trinajstić information content (AvgIpc) is 2.64. The molecule has 2 N–H and O–H groups in total. The van der Waals surface area contributed by atoms with Gasteiger partial charge >= 0.3 is 0 Å². The number of hydrogen-bond acceptors (Lipinski definition) is 4. The van der Waals surface area contributed by atoms with Crippen molar-refractivity contribution in [2.24, 2.45) is 5.92 Å². The summed E-state index contributed by atoms with van der Waals surface area (Å²) in [5.74, 6) is 0.530. The molecular formula is C11H24N2O3S. The van der Waals surface area contributed by atoms with Crippen molar-refractivity contribution < 1.29 is 13.5 Å². The fourth-order valence-corrected chi connectivity index (χ4v) is 3.06. The Morgan fingerprint density at radius 1 is 1.41 bits per heavy atom. The molecule has 1 aliphatic carbocycles. The lowest BCUT2D eigenvalue weighted by atomic mass is 10.1. The second-order valence-electron chi connectivity index (χ2n) is 4.90. The van der Waals surface area contributed by atoms with E-state index in [2.05, 4.69) is 9.62 Å². The fraction of sp³-hybridized carbons (Fsp3) is 1.00. The monoisotopic (exact) mass is 264 g/mol. The number of hydrogen-bond donors (Lipinski definition) is 2. The molecule has 1 fully saturated rings. The van der Waals surface area contributed by atoms with E-state index in [1.54, 1.807) is 0 Å². The lowest BCUT2D eigenvalue weighted by molar-refractivity contribution is 0.109. The SMILES string of the molecule is CNS(=O)(=O)CCCN(C)CC1CCCC1O. The highest BCUT2D eigenvalue weighted by molar-refractivity contribution is 7.89. The molecule has 5 nitrogen and oxygen atoms in total. The van der Waals surface area contributed by atoms with Gasteiger partial charge in [0.25, 0.3) is 0 Å². The van der Waals surface area contributed by atoms with Crippen molar-refractivity contribution in [3.8, 4) is 0 Å². The van der Waals surface area contributed by atoms with Crippen LogP contribution >= 0.6 is 0 Å². The Morgan fingerprint density at radius 3 is 2.65 bits per heavy atom. The van der Waals surface area contributed by atoms with E-state index >= 15 is 0 Å². The molecule has 2 unspecified atom stereocenters. The van der Waals surface area contributed by atoms with Crippen LogP contribution in [0.25, 0.3) is 0 Å². The summed E-state index contributed by atoms with van der Waals surface area (Å²) >= 11 is 0. The highest BCUT2D eigenvalue weighted by atomic mass is 32.2. The molecule has 17 heavy (non-hydrogen) atoms. The summed E-state index contributed by atoms with van der Waals surface area (Å²) in [6, 6.07) is 0. The molecule has 2 atom stereocenters. The van der Waals surface area contributed by atoms with E-state index in [1.165, 1.54) is 7.05 Å². The Labute approximate surface area is 104 Å². The highest BCUT2D eigenvalue weighted by Crippen LogP contribution is 2.25. The van der Waals surface area contributed by atoms with Crippen LogP contribution in [-0.2, 0) is 10.0 Å². The van der Waals surface area contributed by atoms with E-state index in [0.717, 1.165) is 32.4 Å². The van der Waals surface area contributed by atoms with Gasteiger partial charge in [0.2, 0.25) is 10.0 Å². The van der Waals surface area contributed by atoms with Crippen LogP contribution in [0.3, 0.4) is 0 Å². The third-order valence-corrected chi connectivity index (χ3v) is 4.88. The zero-order chi connectivity index (χ0) is 12.9. The maximum absolute atomic E-state index is 11.2. The van der Waals surface area contributed by atoms with Crippen LogP contribution < -0.4 is 4.72 Å². The lowest BCUT2D eigenvalue weighted by Gasteiger charge is -2.22. The molecule has 1 aliphatic rings. The van der Waals surface area contributed by atoms with E-state index in [9.17, 15) is 13.5 Å². The summed E-state index contributed by atoms with van der Waals surface area (Å²) in [5.41, 5.74) is 0. The van der Waals surface area contributed by atoms with Crippen molar-refractivity contribution in [2.45, 2.75) is 31.8 Å². The lowest BCUT2D eigenvalue weighted by Crippen LogP contribution is -2.32. The molecule has 0 bridgehead atoms. The van der Waals surface area contributed by atoms with Gasteiger partial charge in [0.15, 0.2) is 0 Å². The van der Waals surface area contributed by atoms with Gasteiger partial charge in [-0.2, -0.15) is 0 Å². The molecule has 0 aromatic heterocycles. The molecule has 1 rings (SSSR count). The van der Waals surface area contributed by atoms with E-state index in [1.807, 2.05) is 7.05 Å². The predicted molar refractivity (Wildman–Crippen MR) is 68.3 cm³/mol. The molecule has 0 aromatic rings. The summed E-state index contributed by atoms with van der Waals surface area (Å²) in [6.45, 7) is 1.62. The minimum Gasteiger partial charge on any atom is -0.393 e. The molecule has 0 aromatic carbocycles. The Kier molecular flexibility index (Phi) is 5.85. The van der Waals surface area contributed by atoms with Crippen LogP contribution in [0.1, 0.15) is 25.7 Å². The summed E-state index contributed by atoms with van der Waals surface area (Å²) in [6.07, 6.45) is 3.56. The van der Waals surface area contributed by atoms with Crippen molar-refractivity contribution in [3.05, 3.63) is 0 Å². The zero-order valence-corrected chi connectivity index (χ0v) is 11.5. The molecule has 102 valence electrons. The van der Waals surface area contributed by atoms with Crippen LogP contribution in [0.4, 0.5) is 0 Å². The van der Waals surface area contributed by atoms with Gasteiger partial charge in [0, 0.05) is 6.54 Å². The third-order valence-electron chi connectivity index (χ3n) is 3.43. The van der Waals surface area contributed by atoms with Gasteiger partial charge in [-0.3, -0.25) is 0 Å². The van der Waals surface area contributed by atoms with Gasteiger partial charge in [-0.05, 0) is 45.8 Å². The Balaban J connectivity index is 2.19. The van der Waals surface area contributed by atoms with Gasteiger partial charge in [-0.15, -0.1) is 0 Å². The summed E-state index contributed by atoms with van der Waals surface area (Å²) < 4.78 is 24.7. The van der Waals surface area contributed by atoms with Gasteiger partial charge in [-0.25, -0.2) is 13.1 Å². The van der Waals surface area contributed by atoms with E-state index in [0.29, 0.717) is 12.3 Å². The van der Waals surface area contributed by atoms with Gasteiger partial charge in [0.05, 0.1) is 11.9 Å². The maximum atomic E-state index is 11.2. The first-order valence-electron chi connectivity index (χ1n) is 6.22. The second kappa shape index (κ2) is 6.68. The van der Waals surface area contributed by atoms with Crippen LogP contribution in [0.15, 0.2) is 0 Å². The molecule has 0 amide bonds. The van der Waals surface area contributed by atoms with Crippen molar-refractivity contribution >= 4 is 10.0 Å². The van der Waals surface area contributed by atoms with Crippen molar-refractivity contribution in [1.82, 2.24) is 9.62 Å². The normalized spacial score (nSPS) is 25.6. The second-order valence-corrected chi connectivity index (χ2v) is 6.94. The zero-order valence-electron chi connectivity index (χ0n) is 10.7. The first-order chi connectivity index (χ1) is 7.94. The van der Waals surface area contributed by atoms with Crippen LogP contribution in [0.5, 0.6) is 0 Å². The molecule has 6 heteroatoms. The number of sulfonamides is 1. The van der Waals surface area contributed by atoms with Crippen molar-refractivity contribution in [2.75, 3.05) is 32.9 Å². The highest BCUT2D eigenvalue weighted by Gasteiger charge is 2.25. The van der Waals surface area contributed by atoms with Gasteiger partial charge in [0.1, 0.15) is 0 Å². The Bertz CT molecular complexity index is 319. The van der Waals surface area contributed by atoms with Crippen LogP contribution in [-0.4, -0.2) is 57.5 Å². The summed E-state index contributed by atoms with van der Waals surface area (Å²) in [5, 5.41) is 9.70.